The van der Waals surface area contributed by atoms with E-state index in [1.807, 2.05) is 0 Å². The Morgan fingerprint density at radius 1 is 1.50 bits per heavy atom. The molecule has 0 unspecified atom stereocenters. The van der Waals surface area contributed by atoms with Crippen LogP contribution in [0.25, 0.3) is 0 Å². The largest absolute Gasteiger partial charge is 0.480 e. The van der Waals surface area contributed by atoms with E-state index in [2.05, 4.69) is 0 Å². The molecule has 0 aromatic heterocycles. The fourth-order valence-electron chi connectivity index (χ4n) is 0.205. The fraction of sp³-hybridized carbons (Fsp3) is 0.500. The normalized spacial score (nSPS) is 11.9. The van der Waals surface area contributed by atoms with Crippen molar-refractivity contribution in [3.63, 3.8) is 0 Å². The zero-order valence-electron chi connectivity index (χ0n) is 4.49. The number of nitrogens with zero attached hydrogens (tertiary/aromatic N) is 1. The summed E-state index contributed by atoms with van der Waals surface area (Å²) in [4.78, 5) is 9.58. The molecular weight excluding hydrogens is 172 g/mol. The predicted octanol–water partition coefficient (Wildman–Crippen LogP) is -0.528. The molecule has 0 amide bonds. The number of carbonyl (C=O) groups is 1. The van der Waals surface area contributed by atoms with Crippen LogP contribution in [0.4, 0.5) is 8.96 Å². The van der Waals surface area contributed by atoms with Gasteiger partial charge in [0, 0.05) is 0 Å². The first-order valence-electron chi connectivity index (χ1n) is 1.92. The van der Waals surface area contributed by atoms with Crippen LogP contribution in [0.3, 0.4) is 0 Å². The van der Waals surface area contributed by atoms with Crippen molar-refractivity contribution in [2.24, 2.45) is 0 Å². The molecule has 0 bridgehead atoms. The van der Waals surface area contributed by atoms with E-state index >= 15 is 0 Å². The third kappa shape index (κ3) is 2.69. The van der Waals surface area contributed by atoms with Crippen LogP contribution in [0.2, 0.25) is 0 Å². The maximum atomic E-state index is 11.2. The smallest absolute Gasteiger partial charge is 0.320 e. The molecule has 0 fully saturated rings. The molecule has 1 N–H and O–H groups in total. The summed E-state index contributed by atoms with van der Waals surface area (Å²) in [6.45, 7) is 0. The van der Waals surface area contributed by atoms with Gasteiger partial charge in [-0.05, 0) is 0 Å². The summed E-state index contributed by atoms with van der Waals surface area (Å²) in [6.07, 6.45) is 0. The summed E-state index contributed by atoms with van der Waals surface area (Å²) in [6, 6.07) is 0. The lowest BCUT2D eigenvalue weighted by molar-refractivity contribution is -0.134. The van der Waals surface area contributed by atoms with Gasteiger partial charge in [0.1, 0.15) is 4.75 Å². The lowest BCUT2D eigenvalue weighted by atomic mass is 10.8. The van der Waals surface area contributed by atoms with Gasteiger partial charge in [-0.3, -0.25) is 4.79 Å². The Morgan fingerprint density at radius 2 is 1.90 bits per heavy atom. The lowest BCUT2D eigenvalue weighted by Crippen LogP contribution is -2.23. The quantitative estimate of drug-likeness (QED) is 0.585. The van der Waals surface area contributed by atoms with E-state index in [9.17, 15) is 22.2 Å². The molecule has 0 saturated heterocycles. The molecule has 0 aromatic carbocycles. The number of sulfonamides is 1. The number of aliphatic carboxylic acids is 1. The average Bonchev–Trinajstić information content (AvgIpc) is 1.60. The molecule has 0 rings (SSSR count). The maximum Gasteiger partial charge on any atom is 0.320 e. The number of carboxylic acids is 1. The molecule has 0 aliphatic carbocycles. The number of carboxylic acid groups (broad SMARTS) is 1. The van der Waals surface area contributed by atoms with Crippen molar-refractivity contribution < 1.29 is 27.3 Å². The van der Waals surface area contributed by atoms with Crippen molar-refractivity contribution in [2.45, 2.75) is 0 Å². The molecule has 0 aromatic rings. The third-order valence-electron chi connectivity index (χ3n) is 0.516. The van der Waals surface area contributed by atoms with Gasteiger partial charge in [-0.1, -0.05) is 8.96 Å². The van der Waals surface area contributed by atoms with Gasteiger partial charge in [-0.15, -0.1) is 0 Å². The zero-order valence-corrected chi connectivity index (χ0v) is 5.31. The van der Waals surface area contributed by atoms with Crippen molar-refractivity contribution in [3.8, 4) is 0 Å². The molecule has 5 nitrogen and oxygen atoms in total. The number of halogens is 2. The second-order valence-corrected chi connectivity index (χ2v) is 3.05. The highest BCUT2D eigenvalue weighted by atomic mass is 32.2. The van der Waals surface area contributed by atoms with Gasteiger partial charge in [0.25, 0.3) is 10.0 Å². The Morgan fingerprint density at radius 3 is 2.00 bits per heavy atom. The first-order chi connectivity index (χ1) is 4.36. The Bertz CT molecular complexity index is 221. The molecule has 0 saturated carbocycles. The summed E-state index contributed by atoms with van der Waals surface area (Å²) >= 11 is 0. The van der Waals surface area contributed by atoms with E-state index in [-0.39, 0.29) is 0 Å². The van der Waals surface area contributed by atoms with Gasteiger partial charge in [0.05, 0.1) is 0 Å². The molecule has 0 spiro atoms. The van der Waals surface area contributed by atoms with Gasteiger partial charge in [-0.2, -0.15) is 0 Å². The Kier molecular flexibility index (Phi) is 2.66. The van der Waals surface area contributed by atoms with E-state index in [4.69, 9.17) is 5.11 Å². The number of rotatable bonds is 3. The summed E-state index contributed by atoms with van der Waals surface area (Å²) < 4.78 is 40.1. The van der Waals surface area contributed by atoms with Crippen LogP contribution < -0.4 is 0 Å². The minimum absolute atomic E-state index is 1.60. The monoisotopic (exact) mass is 175 g/mol. The van der Waals surface area contributed by atoms with Crippen LogP contribution in [0.5, 0.6) is 0 Å². The summed E-state index contributed by atoms with van der Waals surface area (Å²) in [7, 11) is -4.90. The minimum Gasteiger partial charge on any atom is -0.480 e. The van der Waals surface area contributed by atoms with Gasteiger partial charge in [0.2, 0.25) is 0 Å². The van der Waals surface area contributed by atoms with Crippen molar-refractivity contribution >= 4 is 16.0 Å². The lowest BCUT2D eigenvalue weighted by Gasteiger charge is -1.97. The van der Waals surface area contributed by atoms with Crippen molar-refractivity contribution in [1.82, 2.24) is 4.75 Å². The molecule has 60 valence electrons. The summed E-state index contributed by atoms with van der Waals surface area (Å²) in [5, 5.41) is 7.76. The molecular formula is C2H3F2NO4S. The summed E-state index contributed by atoms with van der Waals surface area (Å²) in [5.74, 6) is -3.42. The van der Waals surface area contributed by atoms with E-state index < -0.39 is 26.5 Å². The highest BCUT2D eigenvalue weighted by molar-refractivity contribution is 7.89. The van der Waals surface area contributed by atoms with Crippen molar-refractivity contribution in [2.75, 3.05) is 5.75 Å². The number of hydrogen-bond acceptors (Lipinski definition) is 3. The average molecular weight is 175 g/mol. The van der Waals surface area contributed by atoms with Crippen molar-refractivity contribution in [3.05, 3.63) is 0 Å². The van der Waals surface area contributed by atoms with Gasteiger partial charge in [0.15, 0.2) is 5.75 Å². The highest BCUT2D eigenvalue weighted by Gasteiger charge is 2.25. The topological polar surface area (TPSA) is 74.7 Å². The molecule has 0 aliphatic rings. The van der Waals surface area contributed by atoms with E-state index in [1.54, 1.807) is 0 Å². The molecule has 10 heavy (non-hydrogen) atoms. The van der Waals surface area contributed by atoms with Gasteiger partial charge >= 0.3 is 5.97 Å². The van der Waals surface area contributed by atoms with Crippen LogP contribution in [0, 0.1) is 0 Å². The zero-order chi connectivity index (χ0) is 8.36. The van der Waals surface area contributed by atoms with Gasteiger partial charge < -0.3 is 5.11 Å². The van der Waals surface area contributed by atoms with Crippen LogP contribution in [-0.2, 0) is 14.8 Å². The second-order valence-electron chi connectivity index (χ2n) is 1.32. The van der Waals surface area contributed by atoms with Crippen molar-refractivity contribution in [1.29, 1.82) is 0 Å². The van der Waals surface area contributed by atoms with E-state index in [0.29, 0.717) is 0 Å². The Balaban J connectivity index is 4.31. The Labute approximate surface area is 54.8 Å². The van der Waals surface area contributed by atoms with E-state index in [1.165, 1.54) is 0 Å². The van der Waals surface area contributed by atoms with Crippen LogP contribution >= 0.6 is 0 Å². The van der Waals surface area contributed by atoms with Crippen LogP contribution in [0.1, 0.15) is 0 Å². The predicted molar refractivity (Wildman–Crippen MR) is 25.5 cm³/mol. The van der Waals surface area contributed by atoms with E-state index in [0.717, 1.165) is 0 Å². The first kappa shape index (κ1) is 9.24. The molecule has 8 heteroatoms. The maximum absolute atomic E-state index is 11.2. The molecule has 0 atom stereocenters. The fourth-order valence-corrected chi connectivity index (χ4v) is 0.614. The first-order valence-corrected chi connectivity index (χ1v) is 3.53. The molecule has 0 aliphatic heterocycles. The second kappa shape index (κ2) is 2.88. The highest BCUT2D eigenvalue weighted by Crippen LogP contribution is 2.01. The minimum atomic E-state index is -4.90. The molecule has 0 radical (unpaired) electrons. The van der Waals surface area contributed by atoms with Crippen LogP contribution in [-0.4, -0.2) is 30.0 Å². The van der Waals surface area contributed by atoms with Crippen LogP contribution in [0.15, 0.2) is 0 Å². The Hall–Kier alpha value is -0.760. The number of hydrogen-bond donors (Lipinski definition) is 1. The summed E-state index contributed by atoms with van der Waals surface area (Å²) in [5.41, 5.74) is 0. The molecule has 0 heterocycles. The third-order valence-corrected chi connectivity index (χ3v) is 1.55. The standard InChI is InChI=1S/C2H3F2NO4S/c3-5(4)10(8,9)1-2(6)7/h1H2,(H,6,7). The van der Waals surface area contributed by atoms with Gasteiger partial charge in [-0.25, -0.2) is 8.42 Å². The SMILES string of the molecule is O=C(O)CS(=O)(=O)N(F)F.